The van der Waals surface area contributed by atoms with Crippen LogP contribution >= 0.6 is 0 Å². The van der Waals surface area contributed by atoms with E-state index in [0.29, 0.717) is 12.8 Å². The van der Waals surface area contributed by atoms with Crippen molar-refractivity contribution >= 4 is 18.2 Å². The summed E-state index contributed by atoms with van der Waals surface area (Å²) in [6.07, 6.45) is 3.59. The largest absolute Gasteiger partial charge is 0.534 e. The molecule has 0 aromatic rings. The Morgan fingerprint density at radius 3 is 2.33 bits per heavy atom. The second-order valence-electron chi connectivity index (χ2n) is 5.44. The van der Waals surface area contributed by atoms with E-state index in [1.54, 1.807) is 0 Å². The summed E-state index contributed by atoms with van der Waals surface area (Å²) < 4.78 is 63.2. The Morgan fingerprint density at radius 1 is 1.33 bits per heavy atom. The Labute approximate surface area is 106 Å². The van der Waals surface area contributed by atoms with Crippen molar-refractivity contribution in [3.05, 3.63) is 11.8 Å². The van der Waals surface area contributed by atoms with Crippen LogP contribution in [0.5, 0.6) is 0 Å². The fraction of sp³-hybridized carbons (Fsp3) is 0.800. The van der Waals surface area contributed by atoms with Gasteiger partial charge in [0.25, 0.3) is 0 Å². The predicted molar refractivity (Wildman–Crippen MR) is 65.1 cm³/mol. The highest BCUT2D eigenvalue weighted by Crippen LogP contribution is 2.41. The Morgan fingerprint density at radius 2 is 1.89 bits per heavy atom. The van der Waals surface area contributed by atoms with Gasteiger partial charge in [-0.15, -0.1) is 0 Å². The molecule has 0 aliphatic heterocycles. The highest BCUT2D eigenvalue weighted by molar-refractivity contribution is 7.87. The van der Waals surface area contributed by atoms with E-state index in [2.05, 4.69) is 4.18 Å². The van der Waals surface area contributed by atoms with Crippen LogP contribution in [0.2, 0.25) is 25.2 Å². The Bertz CT molecular complexity index is 434. The second kappa shape index (κ2) is 4.88. The monoisotopic (exact) mass is 302 g/mol. The van der Waals surface area contributed by atoms with E-state index in [9.17, 15) is 21.6 Å². The molecule has 1 unspecified atom stereocenters. The molecule has 0 bridgehead atoms. The van der Waals surface area contributed by atoms with Crippen LogP contribution in [-0.4, -0.2) is 22.0 Å². The van der Waals surface area contributed by atoms with Gasteiger partial charge in [0, 0.05) is 5.54 Å². The maximum Gasteiger partial charge on any atom is 0.534 e. The van der Waals surface area contributed by atoms with E-state index in [1.165, 1.54) is 6.08 Å². The van der Waals surface area contributed by atoms with Gasteiger partial charge in [-0.1, -0.05) is 19.6 Å². The molecule has 1 atom stereocenters. The average Bonchev–Trinajstić information content (AvgIpc) is 2.14. The van der Waals surface area contributed by atoms with Crippen LogP contribution in [0.15, 0.2) is 11.8 Å². The summed E-state index contributed by atoms with van der Waals surface area (Å²) in [4.78, 5) is 0. The molecule has 18 heavy (non-hydrogen) atoms. The predicted octanol–water partition coefficient (Wildman–Crippen LogP) is 3.63. The van der Waals surface area contributed by atoms with Gasteiger partial charge in [0.1, 0.15) is 5.76 Å². The van der Waals surface area contributed by atoms with Gasteiger partial charge in [0.2, 0.25) is 0 Å². The van der Waals surface area contributed by atoms with Crippen LogP contribution in [0.25, 0.3) is 0 Å². The third-order valence-electron chi connectivity index (χ3n) is 2.92. The van der Waals surface area contributed by atoms with Gasteiger partial charge in [-0.3, -0.25) is 0 Å². The van der Waals surface area contributed by atoms with Gasteiger partial charge >= 0.3 is 15.6 Å². The molecular weight excluding hydrogens is 285 g/mol. The Kier molecular flexibility index (Phi) is 4.22. The van der Waals surface area contributed by atoms with Crippen LogP contribution in [0.1, 0.15) is 19.3 Å². The molecular formula is C10H17F3O3SSi. The van der Waals surface area contributed by atoms with Crippen molar-refractivity contribution in [2.24, 2.45) is 0 Å². The molecule has 0 spiro atoms. The first kappa shape index (κ1) is 15.6. The van der Waals surface area contributed by atoms with E-state index >= 15 is 0 Å². The number of allylic oxidation sites excluding steroid dienone is 2. The summed E-state index contributed by atoms with van der Waals surface area (Å²) in [7, 11) is -7.34. The Balaban J connectivity index is 2.99. The molecule has 0 aromatic heterocycles. The lowest BCUT2D eigenvalue weighted by molar-refractivity contribution is -0.0524. The summed E-state index contributed by atoms with van der Waals surface area (Å²) in [6.45, 7) is 5.96. The SMILES string of the molecule is C[Si](C)(C)C1CCCC=C1OS(=O)(=O)C(F)(F)F. The van der Waals surface area contributed by atoms with Gasteiger partial charge in [-0.2, -0.15) is 21.6 Å². The molecule has 0 heterocycles. The van der Waals surface area contributed by atoms with Gasteiger partial charge in [-0.05, 0) is 25.3 Å². The summed E-state index contributed by atoms with van der Waals surface area (Å²) in [6, 6.07) is 0. The van der Waals surface area contributed by atoms with Crippen LogP contribution in [0.3, 0.4) is 0 Å². The van der Waals surface area contributed by atoms with Gasteiger partial charge < -0.3 is 4.18 Å². The summed E-state index contributed by atoms with van der Waals surface area (Å²) in [5.74, 6) is -0.0160. The number of halogens is 3. The van der Waals surface area contributed by atoms with Crippen LogP contribution < -0.4 is 0 Å². The zero-order chi connectivity index (χ0) is 14.2. The maximum atomic E-state index is 12.3. The smallest absolute Gasteiger partial charge is 0.381 e. The first-order valence-electron chi connectivity index (χ1n) is 5.66. The molecule has 0 N–H and O–H groups in total. The fourth-order valence-corrected chi connectivity index (χ4v) is 4.69. The maximum absolute atomic E-state index is 12.3. The lowest BCUT2D eigenvalue weighted by Gasteiger charge is -2.32. The number of alkyl halides is 3. The van der Waals surface area contributed by atoms with Crippen molar-refractivity contribution in [3.63, 3.8) is 0 Å². The lowest BCUT2D eigenvalue weighted by atomic mass is 10.1. The number of rotatable bonds is 3. The molecule has 0 aromatic carbocycles. The number of hydrogen-bond donors (Lipinski definition) is 0. The molecule has 1 rings (SSSR count). The normalized spacial score (nSPS) is 22.6. The van der Waals surface area contributed by atoms with E-state index in [1.807, 2.05) is 19.6 Å². The number of hydrogen-bond acceptors (Lipinski definition) is 3. The molecule has 0 amide bonds. The summed E-state index contributed by atoms with van der Waals surface area (Å²) in [5, 5.41) is 0. The summed E-state index contributed by atoms with van der Waals surface area (Å²) >= 11 is 0. The van der Waals surface area contributed by atoms with E-state index in [4.69, 9.17) is 0 Å². The lowest BCUT2D eigenvalue weighted by Crippen LogP contribution is -2.34. The highest BCUT2D eigenvalue weighted by atomic mass is 32.2. The fourth-order valence-electron chi connectivity index (χ4n) is 1.98. The third kappa shape index (κ3) is 3.50. The average molecular weight is 302 g/mol. The van der Waals surface area contributed by atoms with Crippen LogP contribution in [0.4, 0.5) is 13.2 Å². The first-order chi connectivity index (χ1) is 7.95. The zero-order valence-electron chi connectivity index (χ0n) is 10.5. The molecule has 1 aliphatic carbocycles. The van der Waals surface area contributed by atoms with Crippen molar-refractivity contribution in [1.82, 2.24) is 0 Å². The van der Waals surface area contributed by atoms with Crippen molar-refractivity contribution in [3.8, 4) is 0 Å². The Hall–Kier alpha value is -0.503. The highest BCUT2D eigenvalue weighted by Gasteiger charge is 2.50. The van der Waals surface area contributed by atoms with Crippen LogP contribution in [-0.2, 0) is 14.3 Å². The van der Waals surface area contributed by atoms with Crippen LogP contribution in [0, 0.1) is 0 Å². The third-order valence-corrected chi connectivity index (χ3v) is 6.56. The van der Waals surface area contributed by atoms with E-state index in [-0.39, 0.29) is 11.3 Å². The van der Waals surface area contributed by atoms with Gasteiger partial charge in [0.05, 0.1) is 8.07 Å². The standard InChI is InChI=1S/C10H17F3O3SSi/c1-18(2,3)9-7-5-4-6-8(9)16-17(14,15)10(11,12)13/h6,9H,4-5,7H2,1-3H3. The van der Waals surface area contributed by atoms with Crippen molar-refractivity contribution in [2.75, 3.05) is 0 Å². The minimum atomic E-state index is -5.54. The topological polar surface area (TPSA) is 43.4 Å². The molecule has 106 valence electrons. The van der Waals surface area contributed by atoms with E-state index in [0.717, 1.165) is 6.42 Å². The minimum absolute atomic E-state index is 0.0160. The minimum Gasteiger partial charge on any atom is -0.381 e. The second-order valence-corrected chi connectivity index (χ2v) is 12.4. The van der Waals surface area contributed by atoms with Gasteiger partial charge in [0.15, 0.2) is 0 Å². The molecule has 0 radical (unpaired) electrons. The molecule has 8 heteroatoms. The van der Waals surface area contributed by atoms with E-state index < -0.39 is 23.7 Å². The van der Waals surface area contributed by atoms with Gasteiger partial charge in [-0.25, -0.2) is 0 Å². The molecule has 0 fully saturated rings. The van der Waals surface area contributed by atoms with Crippen molar-refractivity contribution in [1.29, 1.82) is 0 Å². The zero-order valence-corrected chi connectivity index (χ0v) is 12.4. The van der Waals surface area contributed by atoms with Crippen molar-refractivity contribution in [2.45, 2.75) is 50.0 Å². The van der Waals surface area contributed by atoms with Crippen molar-refractivity contribution < 1.29 is 25.8 Å². The summed E-state index contributed by atoms with van der Waals surface area (Å²) in [5.41, 5.74) is -5.54. The quantitative estimate of drug-likeness (QED) is 0.454. The molecule has 1 aliphatic rings. The molecule has 0 saturated heterocycles. The molecule has 0 saturated carbocycles. The molecule has 3 nitrogen and oxygen atoms in total. The first-order valence-corrected chi connectivity index (χ1v) is 10.6.